The lowest BCUT2D eigenvalue weighted by atomic mass is 9.92. The van der Waals surface area contributed by atoms with Gasteiger partial charge in [0.05, 0.1) is 24.9 Å². The minimum Gasteiger partial charge on any atom is -0.379 e. The third-order valence-electron chi connectivity index (χ3n) is 6.28. The van der Waals surface area contributed by atoms with Gasteiger partial charge in [-0.15, -0.1) is 11.3 Å². The van der Waals surface area contributed by atoms with E-state index in [0.29, 0.717) is 6.04 Å². The molecule has 152 valence electrons. The van der Waals surface area contributed by atoms with E-state index in [1.165, 1.54) is 16.0 Å². The molecule has 1 atom stereocenters. The summed E-state index contributed by atoms with van der Waals surface area (Å²) in [6.07, 6.45) is 6.83. The van der Waals surface area contributed by atoms with Gasteiger partial charge in [-0.05, 0) is 43.2 Å². The van der Waals surface area contributed by atoms with Gasteiger partial charge in [0, 0.05) is 30.6 Å². The van der Waals surface area contributed by atoms with Crippen molar-refractivity contribution in [3.63, 3.8) is 0 Å². The van der Waals surface area contributed by atoms with E-state index in [1.54, 1.807) is 17.7 Å². The number of thiophene rings is 1. The predicted molar refractivity (Wildman–Crippen MR) is 117 cm³/mol. The maximum Gasteiger partial charge on any atom is 0.262 e. The van der Waals surface area contributed by atoms with E-state index in [2.05, 4.69) is 34.1 Å². The highest BCUT2D eigenvalue weighted by molar-refractivity contribution is 7.18. The zero-order valence-corrected chi connectivity index (χ0v) is 17.5. The van der Waals surface area contributed by atoms with Gasteiger partial charge in [0.1, 0.15) is 4.83 Å². The lowest BCUT2D eigenvalue weighted by Gasteiger charge is -2.36. The Labute approximate surface area is 174 Å². The third-order valence-corrected chi connectivity index (χ3v) is 7.44. The summed E-state index contributed by atoms with van der Waals surface area (Å²) in [4.78, 5) is 22.7. The first-order chi connectivity index (χ1) is 14.3. The second kappa shape index (κ2) is 8.38. The Morgan fingerprint density at radius 2 is 2.00 bits per heavy atom. The highest BCUT2D eigenvalue weighted by Gasteiger charge is 2.29. The number of nitrogens with zero attached hydrogens (tertiary/aromatic N) is 3. The molecule has 6 heteroatoms. The summed E-state index contributed by atoms with van der Waals surface area (Å²) in [7, 11) is 0. The Morgan fingerprint density at radius 1 is 1.17 bits per heavy atom. The van der Waals surface area contributed by atoms with Crippen molar-refractivity contribution in [2.45, 2.75) is 44.7 Å². The molecule has 0 N–H and O–H groups in total. The Kier molecular flexibility index (Phi) is 5.48. The third kappa shape index (κ3) is 3.89. The number of hydrogen-bond acceptors (Lipinski definition) is 5. The first-order valence-electron chi connectivity index (χ1n) is 10.6. The van der Waals surface area contributed by atoms with Crippen LogP contribution in [0.15, 0.2) is 41.5 Å². The zero-order chi connectivity index (χ0) is 19.6. The summed E-state index contributed by atoms with van der Waals surface area (Å²) in [5.74, 6) is 0. The quantitative estimate of drug-likeness (QED) is 0.649. The Hall–Kier alpha value is -2.02. The molecule has 3 aromatic rings. The fourth-order valence-electron chi connectivity index (χ4n) is 4.70. The van der Waals surface area contributed by atoms with Gasteiger partial charge in [0.25, 0.3) is 5.56 Å². The minimum atomic E-state index is 0.144. The molecule has 1 aliphatic heterocycles. The number of aromatic nitrogens is 2. The largest absolute Gasteiger partial charge is 0.379 e. The van der Waals surface area contributed by atoms with Gasteiger partial charge in [-0.2, -0.15) is 0 Å². The van der Waals surface area contributed by atoms with E-state index < -0.39 is 0 Å². The van der Waals surface area contributed by atoms with E-state index in [0.717, 1.165) is 75.2 Å². The number of aryl methyl sites for hydroxylation is 3. The molecule has 5 nitrogen and oxygen atoms in total. The zero-order valence-electron chi connectivity index (χ0n) is 16.7. The molecule has 0 unspecified atom stereocenters. The van der Waals surface area contributed by atoms with Gasteiger partial charge in [0.2, 0.25) is 0 Å². The molecule has 1 fully saturated rings. The van der Waals surface area contributed by atoms with Crippen molar-refractivity contribution in [3.8, 4) is 0 Å². The summed E-state index contributed by atoms with van der Waals surface area (Å²) in [5.41, 5.74) is 2.73. The SMILES string of the molecule is O=c1c2c3c(sc2ncn1CCCc1ccccc1)C[C@H](N1CCOCC1)CC3. The van der Waals surface area contributed by atoms with Crippen molar-refractivity contribution in [2.75, 3.05) is 26.3 Å². The molecule has 0 radical (unpaired) electrons. The molecule has 0 saturated carbocycles. The first-order valence-corrected chi connectivity index (χ1v) is 11.5. The number of morpholine rings is 1. The standard InChI is InChI=1S/C23H27N3O2S/c27-23-21-19-9-8-18(25-11-13-28-14-12-25)15-20(19)29-22(21)24-16-26(23)10-4-7-17-5-2-1-3-6-17/h1-3,5-6,16,18H,4,7-15H2/t18-/m1/s1. The molecule has 0 bridgehead atoms. The van der Waals surface area contributed by atoms with Crippen LogP contribution in [-0.2, 0) is 30.5 Å². The maximum atomic E-state index is 13.2. The monoisotopic (exact) mass is 409 g/mol. The van der Waals surface area contributed by atoms with Gasteiger partial charge in [-0.1, -0.05) is 30.3 Å². The molecule has 0 amide bonds. The normalized spacial score (nSPS) is 20.1. The van der Waals surface area contributed by atoms with E-state index in [4.69, 9.17) is 4.74 Å². The fraction of sp³-hybridized carbons (Fsp3) is 0.478. The topological polar surface area (TPSA) is 47.4 Å². The summed E-state index contributed by atoms with van der Waals surface area (Å²) >= 11 is 1.73. The van der Waals surface area contributed by atoms with Gasteiger partial charge >= 0.3 is 0 Å². The smallest absolute Gasteiger partial charge is 0.262 e. The predicted octanol–water partition coefficient (Wildman–Crippen LogP) is 3.28. The lowest BCUT2D eigenvalue weighted by molar-refractivity contribution is 0.0140. The van der Waals surface area contributed by atoms with Crippen molar-refractivity contribution in [2.24, 2.45) is 0 Å². The van der Waals surface area contributed by atoms with Crippen LogP contribution in [0.5, 0.6) is 0 Å². The number of fused-ring (bicyclic) bond motifs is 3. The summed E-state index contributed by atoms with van der Waals surface area (Å²) in [6.45, 7) is 4.45. The molecule has 2 aromatic heterocycles. The van der Waals surface area contributed by atoms with Crippen LogP contribution in [0.25, 0.3) is 10.2 Å². The van der Waals surface area contributed by atoms with Gasteiger partial charge < -0.3 is 4.74 Å². The molecule has 29 heavy (non-hydrogen) atoms. The van der Waals surface area contributed by atoms with E-state index in [9.17, 15) is 4.79 Å². The van der Waals surface area contributed by atoms with Crippen LogP contribution in [0.1, 0.15) is 28.8 Å². The minimum absolute atomic E-state index is 0.144. The number of rotatable bonds is 5. The van der Waals surface area contributed by atoms with E-state index in [1.807, 2.05) is 10.6 Å². The highest BCUT2D eigenvalue weighted by atomic mass is 32.1. The Morgan fingerprint density at radius 3 is 2.83 bits per heavy atom. The van der Waals surface area contributed by atoms with Crippen LogP contribution in [0.3, 0.4) is 0 Å². The van der Waals surface area contributed by atoms with E-state index in [-0.39, 0.29) is 5.56 Å². The molecule has 5 rings (SSSR count). The van der Waals surface area contributed by atoms with Gasteiger partial charge in [0.15, 0.2) is 0 Å². The maximum absolute atomic E-state index is 13.2. The lowest BCUT2D eigenvalue weighted by Crippen LogP contribution is -2.45. The van der Waals surface area contributed by atoms with Gasteiger partial charge in [-0.25, -0.2) is 4.98 Å². The second-order valence-electron chi connectivity index (χ2n) is 8.06. The molecule has 0 spiro atoms. The molecular weight excluding hydrogens is 382 g/mol. The molecule has 3 heterocycles. The summed E-state index contributed by atoms with van der Waals surface area (Å²) < 4.78 is 7.32. The van der Waals surface area contributed by atoms with Crippen molar-refractivity contribution >= 4 is 21.6 Å². The van der Waals surface area contributed by atoms with Crippen molar-refractivity contribution < 1.29 is 4.74 Å². The van der Waals surface area contributed by atoms with Crippen LogP contribution >= 0.6 is 11.3 Å². The molecule has 1 saturated heterocycles. The van der Waals surface area contributed by atoms with Crippen molar-refractivity contribution in [3.05, 3.63) is 63.0 Å². The molecule has 2 aliphatic rings. The second-order valence-corrected chi connectivity index (χ2v) is 9.14. The Balaban J connectivity index is 1.34. The number of hydrogen-bond donors (Lipinski definition) is 0. The van der Waals surface area contributed by atoms with Crippen LogP contribution in [0, 0.1) is 0 Å². The number of ether oxygens (including phenoxy) is 1. The molecular formula is C23H27N3O2S. The highest BCUT2D eigenvalue weighted by Crippen LogP contribution is 2.35. The average Bonchev–Trinajstić information content (AvgIpc) is 3.15. The van der Waals surface area contributed by atoms with Gasteiger partial charge in [-0.3, -0.25) is 14.3 Å². The molecule has 1 aliphatic carbocycles. The van der Waals surface area contributed by atoms with Crippen molar-refractivity contribution in [1.82, 2.24) is 14.5 Å². The summed E-state index contributed by atoms with van der Waals surface area (Å²) in [5, 5.41) is 0.882. The fourth-order valence-corrected chi connectivity index (χ4v) is 5.94. The van der Waals surface area contributed by atoms with Crippen molar-refractivity contribution in [1.29, 1.82) is 0 Å². The van der Waals surface area contributed by atoms with Crippen LogP contribution in [0.2, 0.25) is 0 Å². The van der Waals surface area contributed by atoms with Crippen LogP contribution in [0.4, 0.5) is 0 Å². The molecule has 1 aromatic carbocycles. The Bertz CT molecular complexity index is 1040. The van der Waals surface area contributed by atoms with E-state index >= 15 is 0 Å². The summed E-state index contributed by atoms with van der Waals surface area (Å²) in [6, 6.07) is 11.0. The van der Waals surface area contributed by atoms with Crippen LogP contribution < -0.4 is 5.56 Å². The number of benzene rings is 1. The average molecular weight is 410 g/mol. The van der Waals surface area contributed by atoms with Crippen LogP contribution in [-0.4, -0.2) is 46.8 Å². The first kappa shape index (κ1) is 19.0.